The van der Waals surface area contributed by atoms with Crippen LogP contribution in [0, 0.1) is 0 Å². The minimum atomic E-state index is -0.363. The van der Waals surface area contributed by atoms with E-state index in [2.05, 4.69) is 20.8 Å². The van der Waals surface area contributed by atoms with Crippen molar-refractivity contribution in [2.75, 3.05) is 31.4 Å². The lowest BCUT2D eigenvalue weighted by atomic mass is 10.2. The number of amides is 3. The van der Waals surface area contributed by atoms with Crippen LogP contribution in [-0.4, -0.2) is 47.8 Å². The van der Waals surface area contributed by atoms with E-state index in [0.717, 1.165) is 12.8 Å². The van der Waals surface area contributed by atoms with Crippen molar-refractivity contribution in [1.82, 2.24) is 15.1 Å². The zero-order chi connectivity index (χ0) is 23.4. The molecule has 3 aromatic rings. The van der Waals surface area contributed by atoms with Crippen LogP contribution in [0.4, 0.5) is 16.2 Å². The first-order chi connectivity index (χ1) is 16.0. The van der Waals surface area contributed by atoms with Crippen molar-refractivity contribution in [2.24, 2.45) is 0 Å². The molecule has 172 valence electrons. The molecular weight excluding hydrogens is 466 g/mol. The SMILES string of the molecule is COc1ccc(NC(=O)N2CCCC2c2nnc(C(=O)Nc3ccc(Cl)cc3)s2)c(OC)c1. The molecule has 1 atom stereocenters. The number of halogens is 1. The van der Waals surface area contributed by atoms with E-state index in [1.54, 1.807) is 54.5 Å². The summed E-state index contributed by atoms with van der Waals surface area (Å²) in [6.45, 7) is 0.570. The Bertz CT molecular complexity index is 1150. The van der Waals surface area contributed by atoms with Crippen LogP contribution in [-0.2, 0) is 0 Å². The van der Waals surface area contributed by atoms with Crippen molar-refractivity contribution < 1.29 is 19.1 Å². The number of carbonyl (C=O) groups excluding carboxylic acids is 2. The Morgan fingerprint density at radius 1 is 1.09 bits per heavy atom. The average Bonchev–Trinajstić information content (AvgIpc) is 3.50. The van der Waals surface area contributed by atoms with Crippen molar-refractivity contribution in [1.29, 1.82) is 0 Å². The van der Waals surface area contributed by atoms with E-state index in [9.17, 15) is 9.59 Å². The largest absolute Gasteiger partial charge is 0.497 e. The van der Waals surface area contributed by atoms with Gasteiger partial charge in [-0.15, -0.1) is 10.2 Å². The maximum absolute atomic E-state index is 13.0. The summed E-state index contributed by atoms with van der Waals surface area (Å²) < 4.78 is 10.6. The number of hydrogen-bond donors (Lipinski definition) is 2. The predicted octanol–water partition coefficient (Wildman–Crippen LogP) is 4.83. The number of urea groups is 1. The van der Waals surface area contributed by atoms with Gasteiger partial charge in [0.15, 0.2) is 0 Å². The fourth-order valence-corrected chi connectivity index (χ4v) is 4.55. The Morgan fingerprint density at radius 2 is 1.88 bits per heavy atom. The van der Waals surface area contributed by atoms with Crippen LogP contribution in [0.1, 0.15) is 33.7 Å². The van der Waals surface area contributed by atoms with Crippen molar-refractivity contribution in [2.45, 2.75) is 18.9 Å². The van der Waals surface area contributed by atoms with Crippen LogP contribution in [0.15, 0.2) is 42.5 Å². The summed E-state index contributed by atoms with van der Waals surface area (Å²) in [6, 6.07) is 11.4. The quantitative estimate of drug-likeness (QED) is 0.516. The maximum atomic E-state index is 13.0. The van der Waals surface area contributed by atoms with Crippen molar-refractivity contribution in [3.05, 3.63) is 57.5 Å². The Kier molecular flexibility index (Phi) is 6.95. The molecule has 33 heavy (non-hydrogen) atoms. The predicted molar refractivity (Wildman–Crippen MR) is 127 cm³/mol. The molecule has 2 N–H and O–H groups in total. The summed E-state index contributed by atoms with van der Waals surface area (Å²) in [5, 5.41) is 15.3. The first-order valence-electron chi connectivity index (χ1n) is 10.2. The van der Waals surface area contributed by atoms with Gasteiger partial charge in [0.2, 0.25) is 5.01 Å². The molecule has 0 spiro atoms. The molecule has 2 aromatic carbocycles. The molecule has 9 nitrogen and oxygen atoms in total. The van der Waals surface area contributed by atoms with E-state index in [4.69, 9.17) is 21.1 Å². The topological polar surface area (TPSA) is 106 Å². The van der Waals surface area contributed by atoms with E-state index < -0.39 is 0 Å². The number of anilines is 2. The van der Waals surface area contributed by atoms with Gasteiger partial charge in [-0.3, -0.25) is 4.79 Å². The molecule has 1 aliphatic heterocycles. The van der Waals surface area contributed by atoms with Crippen LogP contribution in [0.3, 0.4) is 0 Å². The smallest absolute Gasteiger partial charge is 0.322 e. The number of ether oxygens (including phenoxy) is 2. The standard InChI is InChI=1S/C22H22ClN5O4S/c1-31-15-9-10-16(18(12-15)32-2)25-22(30)28-11-3-4-17(28)20-26-27-21(33-20)19(29)24-14-7-5-13(23)6-8-14/h5-10,12,17H,3-4,11H2,1-2H3,(H,24,29)(H,25,30). The number of nitrogens with one attached hydrogen (secondary N) is 2. The summed E-state index contributed by atoms with van der Waals surface area (Å²) in [5.74, 6) is 0.760. The lowest BCUT2D eigenvalue weighted by Gasteiger charge is -2.23. The number of methoxy groups -OCH3 is 2. The Hall–Kier alpha value is -3.37. The molecule has 1 fully saturated rings. The second-order valence-corrected chi connectivity index (χ2v) is 8.70. The molecule has 11 heteroatoms. The molecule has 0 radical (unpaired) electrons. The zero-order valence-electron chi connectivity index (χ0n) is 18.0. The van der Waals surface area contributed by atoms with Gasteiger partial charge in [-0.2, -0.15) is 0 Å². The highest BCUT2D eigenvalue weighted by Gasteiger charge is 2.33. The molecule has 1 aromatic heterocycles. The van der Waals surface area contributed by atoms with Crippen LogP contribution in [0.5, 0.6) is 11.5 Å². The van der Waals surface area contributed by atoms with Gasteiger partial charge in [-0.1, -0.05) is 22.9 Å². The first-order valence-corrected chi connectivity index (χ1v) is 11.4. The third kappa shape index (κ3) is 5.18. The van der Waals surface area contributed by atoms with E-state index in [1.165, 1.54) is 18.4 Å². The maximum Gasteiger partial charge on any atom is 0.322 e. The van der Waals surface area contributed by atoms with Crippen LogP contribution in [0.2, 0.25) is 5.02 Å². The molecular formula is C22H22ClN5O4S. The minimum Gasteiger partial charge on any atom is -0.497 e. The van der Waals surface area contributed by atoms with Crippen molar-refractivity contribution in [3.63, 3.8) is 0 Å². The summed E-state index contributed by atoms with van der Waals surface area (Å²) in [4.78, 5) is 27.3. The normalized spacial score (nSPS) is 15.2. The third-order valence-electron chi connectivity index (χ3n) is 5.19. The van der Waals surface area contributed by atoms with Gasteiger partial charge in [0.05, 0.1) is 25.9 Å². The fraction of sp³-hybridized carbons (Fsp3) is 0.273. The van der Waals surface area contributed by atoms with Gasteiger partial charge in [0, 0.05) is 23.3 Å². The second kappa shape index (κ2) is 10.1. The Labute approximate surface area is 199 Å². The van der Waals surface area contributed by atoms with Gasteiger partial charge in [0.25, 0.3) is 5.91 Å². The Balaban J connectivity index is 1.45. The molecule has 0 saturated carbocycles. The summed E-state index contributed by atoms with van der Waals surface area (Å²) in [6.07, 6.45) is 1.56. The summed E-state index contributed by atoms with van der Waals surface area (Å²) in [7, 11) is 3.09. The highest BCUT2D eigenvalue weighted by Crippen LogP contribution is 2.35. The number of nitrogens with zero attached hydrogens (tertiary/aromatic N) is 3. The number of aromatic nitrogens is 2. The molecule has 1 saturated heterocycles. The molecule has 4 rings (SSSR count). The number of benzene rings is 2. The summed E-state index contributed by atoms with van der Waals surface area (Å²) in [5.41, 5.74) is 1.14. The number of hydrogen-bond acceptors (Lipinski definition) is 7. The average molecular weight is 488 g/mol. The molecule has 0 aliphatic carbocycles. The minimum absolute atomic E-state index is 0.226. The molecule has 2 heterocycles. The van der Waals surface area contributed by atoms with Gasteiger partial charge < -0.3 is 25.0 Å². The molecule has 3 amide bonds. The monoisotopic (exact) mass is 487 g/mol. The molecule has 1 unspecified atom stereocenters. The van der Waals surface area contributed by atoms with Crippen molar-refractivity contribution in [3.8, 4) is 11.5 Å². The van der Waals surface area contributed by atoms with Gasteiger partial charge in [-0.05, 0) is 49.2 Å². The van der Waals surface area contributed by atoms with Crippen LogP contribution < -0.4 is 20.1 Å². The fourth-order valence-electron chi connectivity index (χ4n) is 3.53. The lowest BCUT2D eigenvalue weighted by Crippen LogP contribution is -2.34. The van der Waals surface area contributed by atoms with E-state index in [-0.39, 0.29) is 23.0 Å². The van der Waals surface area contributed by atoms with Crippen molar-refractivity contribution >= 4 is 46.3 Å². The molecule has 0 bridgehead atoms. The van der Waals surface area contributed by atoms with Gasteiger partial charge in [0.1, 0.15) is 16.5 Å². The zero-order valence-corrected chi connectivity index (χ0v) is 19.6. The highest BCUT2D eigenvalue weighted by molar-refractivity contribution is 7.13. The second-order valence-electron chi connectivity index (χ2n) is 7.25. The van der Waals surface area contributed by atoms with Gasteiger partial charge in [-0.25, -0.2) is 4.79 Å². The molecule has 1 aliphatic rings. The van der Waals surface area contributed by atoms with Gasteiger partial charge >= 0.3 is 6.03 Å². The Morgan fingerprint density at radius 3 is 2.61 bits per heavy atom. The summed E-state index contributed by atoms with van der Waals surface area (Å²) >= 11 is 7.06. The third-order valence-corrected chi connectivity index (χ3v) is 6.46. The highest BCUT2D eigenvalue weighted by atomic mass is 35.5. The first kappa shape index (κ1) is 22.8. The van der Waals surface area contributed by atoms with Crippen LogP contribution >= 0.6 is 22.9 Å². The number of likely N-dealkylation sites (tertiary alicyclic amines) is 1. The van der Waals surface area contributed by atoms with E-state index in [0.29, 0.717) is 39.4 Å². The van der Waals surface area contributed by atoms with E-state index in [1.807, 2.05) is 0 Å². The number of carbonyl (C=O) groups is 2. The van der Waals surface area contributed by atoms with Crippen LogP contribution in [0.25, 0.3) is 0 Å². The lowest BCUT2D eigenvalue weighted by molar-refractivity contribution is 0.102. The number of rotatable bonds is 6. The van der Waals surface area contributed by atoms with E-state index >= 15 is 0 Å².